The number of hydrogen-bond acceptors (Lipinski definition) is 7. The number of fused-ring (bicyclic) bond motifs is 2. The van der Waals surface area contributed by atoms with Gasteiger partial charge in [-0.15, -0.1) is 0 Å². The Morgan fingerprint density at radius 3 is 2.58 bits per heavy atom. The van der Waals surface area contributed by atoms with E-state index in [-0.39, 0.29) is 24.2 Å². The molecule has 2 fully saturated rings. The van der Waals surface area contributed by atoms with Crippen LogP contribution in [0.2, 0.25) is 0 Å². The van der Waals surface area contributed by atoms with Gasteiger partial charge in [0.25, 0.3) is 5.91 Å². The second kappa shape index (κ2) is 8.49. The average Bonchev–Trinajstić information content (AvgIpc) is 3.14. The Morgan fingerprint density at radius 2 is 1.81 bits per heavy atom. The van der Waals surface area contributed by atoms with E-state index in [0.717, 1.165) is 16.5 Å². The maximum absolute atomic E-state index is 12.9. The van der Waals surface area contributed by atoms with Crippen LogP contribution < -0.4 is 9.47 Å². The van der Waals surface area contributed by atoms with E-state index in [1.54, 1.807) is 29.4 Å². The molecule has 2 aliphatic rings. The first-order valence-corrected chi connectivity index (χ1v) is 10.2. The van der Waals surface area contributed by atoms with Crippen molar-refractivity contribution in [3.8, 4) is 11.5 Å². The van der Waals surface area contributed by atoms with Crippen LogP contribution in [0.15, 0.2) is 55.0 Å². The van der Waals surface area contributed by atoms with Crippen molar-refractivity contribution in [1.82, 2.24) is 14.9 Å². The molecule has 0 bridgehead atoms. The predicted molar refractivity (Wildman–Crippen MR) is 112 cm³/mol. The zero-order valence-electron chi connectivity index (χ0n) is 17.1. The third-order valence-corrected chi connectivity index (χ3v) is 5.62. The maximum atomic E-state index is 12.9. The zero-order chi connectivity index (χ0) is 21.2. The number of hydrogen-bond donors (Lipinski definition) is 0. The summed E-state index contributed by atoms with van der Waals surface area (Å²) in [4.78, 5) is 23.0. The van der Waals surface area contributed by atoms with E-state index in [0.29, 0.717) is 37.7 Å². The van der Waals surface area contributed by atoms with Crippen LogP contribution in [-0.4, -0.2) is 72.5 Å². The summed E-state index contributed by atoms with van der Waals surface area (Å²) in [5.41, 5.74) is 0.299. The van der Waals surface area contributed by atoms with Crippen molar-refractivity contribution in [2.45, 2.75) is 18.3 Å². The minimum atomic E-state index is -0.232. The summed E-state index contributed by atoms with van der Waals surface area (Å²) in [5, 5.41) is 2.02. The molecule has 0 N–H and O–H groups in total. The molecule has 0 saturated carbocycles. The molecule has 3 aromatic rings. The second-order valence-electron chi connectivity index (χ2n) is 7.60. The highest BCUT2D eigenvalue weighted by molar-refractivity contribution is 5.95. The molecule has 2 atom stereocenters. The van der Waals surface area contributed by atoms with E-state index in [4.69, 9.17) is 18.9 Å². The Morgan fingerprint density at radius 1 is 1.03 bits per heavy atom. The Kier molecular flexibility index (Phi) is 5.40. The van der Waals surface area contributed by atoms with Gasteiger partial charge in [-0.25, -0.2) is 4.98 Å². The number of ether oxygens (including phenoxy) is 4. The van der Waals surface area contributed by atoms with Crippen molar-refractivity contribution in [3.05, 3.63) is 60.7 Å². The van der Waals surface area contributed by atoms with Crippen LogP contribution in [0.3, 0.4) is 0 Å². The lowest BCUT2D eigenvalue weighted by atomic mass is 10.1. The smallest absolute Gasteiger partial charge is 0.276 e. The number of aromatic nitrogens is 2. The summed E-state index contributed by atoms with van der Waals surface area (Å²) in [6.07, 6.45) is 4.51. The van der Waals surface area contributed by atoms with Crippen molar-refractivity contribution in [1.29, 1.82) is 0 Å². The molecule has 5 rings (SSSR count). The van der Waals surface area contributed by atoms with Gasteiger partial charge in [0.05, 0.1) is 20.3 Å². The molecule has 2 saturated heterocycles. The first-order chi connectivity index (χ1) is 15.2. The van der Waals surface area contributed by atoms with E-state index >= 15 is 0 Å². The molecule has 2 aliphatic heterocycles. The molecule has 2 aromatic heterocycles. The fourth-order valence-electron chi connectivity index (χ4n) is 4.05. The zero-order valence-corrected chi connectivity index (χ0v) is 17.1. The van der Waals surface area contributed by atoms with Crippen molar-refractivity contribution < 1.29 is 23.7 Å². The molecule has 4 heterocycles. The van der Waals surface area contributed by atoms with Crippen molar-refractivity contribution in [2.75, 3.05) is 33.4 Å². The monoisotopic (exact) mass is 421 g/mol. The van der Waals surface area contributed by atoms with Gasteiger partial charge in [-0.3, -0.25) is 9.78 Å². The quantitative estimate of drug-likeness (QED) is 0.639. The molecule has 0 spiro atoms. The summed E-state index contributed by atoms with van der Waals surface area (Å²) >= 11 is 0. The average molecular weight is 421 g/mol. The Bertz CT molecular complexity index is 1070. The normalized spacial score (nSPS) is 21.5. The van der Waals surface area contributed by atoms with E-state index in [2.05, 4.69) is 9.97 Å². The summed E-state index contributed by atoms with van der Waals surface area (Å²) in [6, 6.07) is 11.3. The third kappa shape index (κ3) is 3.92. The molecule has 160 valence electrons. The van der Waals surface area contributed by atoms with E-state index < -0.39 is 0 Å². The first kappa shape index (κ1) is 19.7. The molecule has 0 radical (unpaired) electrons. The standard InChI is InChI=1S/C23H23N3O5/c1-28-19-6-3-8-25-22(19)23(27)26-11-20-21(12-26)30-14-16(13-29-20)31-18-5-2-4-15-10-24-9-7-17(15)18/h2-10,16,20-21H,11-14H2,1H3/t20-,21-/m0/s1. The van der Waals surface area contributed by atoms with Gasteiger partial charge in [0.15, 0.2) is 5.69 Å². The lowest BCUT2D eigenvalue weighted by molar-refractivity contribution is -0.00461. The summed E-state index contributed by atoms with van der Waals surface area (Å²) in [7, 11) is 1.53. The Labute approximate surface area is 179 Å². The molecule has 0 unspecified atom stereocenters. The van der Waals surface area contributed by atoms with Crippen LogP contribution in [0.4, 0.5) is 0 Å². The van der Waals surface area contributed by atoms with Gasteiger partial charge in [-0.2, -0.15) is 0 Å². The van der Waals surface area contributed by atoms with E-state index in [1.165, 1.54) is 7.11 Å². The number of pyridine rings is 2. The number of rotatable bonds is 4. The lowest BCUT2D eigenvalue weighted by Gasteiger charge is -2.20. The van der Waals surface area contributed by atoms with Crippen LogP contribution in [0.1, 0.15) is 10.5 Å². The van der Waals surface area contributed by atoms with Gasteiger partial charge in [0, 0.05) is 42.5 Å². The van der Waals surface area contributed by atoms with Crippen LogP contribution >= 0.6 is 0 Å². The molecular formula is C23H23N3O5. The molecular weight excluding hydrogens is 398 g/mol. The number of benzene rings is 1. The number of amides is 1. The molecule has 1 amide bonds. The molecule has 8 heteroatoms. The van der Waals surface area contributed by atoms with Crippen molar-refractivity contribution in [3.63, 3.8) is 0 Å². The fourth-order valence-corrected chi connectivity index (χ4v) is 4.05. The second-order valence-corrected chi connectivity index (χ2v) is 7.60. The fraction of sp³-hybridized carbons (Fsp3) is 0.348. The first-order valence-electron chi connectivity index (χ1n) is 10.2. The Balaban J connectivity index is 1.24. The SMILES string of the molecule is COc1cccnc1C(=O)N1C[C@@H]2OCC(Oc3cccc4cnccc34)CO[C@H]2C1. The minimum absolute atomic E-state index is 0.185. The van der Waals surface area contributed by atoms with E-state index in [1.807, 2.05) is 30.5 Å². The van der Waals surface area contributed by atoms with Crippen LogP contribution in [0, 0.1) is 0 Å². The molecule has 31 heavy (non-hydrogen) atoms. The van der Waals surface area contributed by atoms with Gasteiger partial charge in [0.2, 0.25) is 0 Å². The molecule has 0 aliphatic carbocycles. The van der Waals surface area contributed by atoms with Crippen molar-refractivity contribution >= 4 is 16.7 Å². The van der Waals surface area contributed by atoms with Gasteiger partial charge in [-0.1, -0.05) is 12.1 Å². The highest BCUT2D eigenvalue weighted by Crippen LogP contribution is 2.28. The third-order valence-electron chi connectivity index (χ3n) is 5.62. The topological polar surface area (TPSA) is 83.0 Å². The summed E-state index contributed by atoms with van der Waals surface area (Å²) in [5.74, 6) is 1.05. The largest absolute Gasteiger partial charge is 0.494 e. The predicted octanol–water partition coefficient (Wildman–Crippen LogP) is 2.33. The molecule has 8 nitrogen and oxygen atoms in total. The lowest BCUT2D eigenvalue weighted by Crippen LogP contribution is -2.33. The summed E-state index contributed by atoms with van der Waals surface area (Å²) < 4.78 is 23.7. The highest BCUT2D eigenvalue weighted by Gasteiger charge is 2.40. The van der Waals surface area contributed by atoms with Gasteiger partial charge in [0.1, 0.15) is 29.8 Å². The van der Waals surface area contributed by atoms with Gasteiger partial charge < -0.3 is 23.8 Å². The highest BCUT2D eigenvalue weighted by atomic mass is 16.6. The van der Waals surface area contributed by atoms with Crippen molar-refractivity contribution in [2.24, 2.45) is 0 Å². The Hall–Kier alpha value is -3.23. The van der Waals surface area contributed by atoms with Crippen LogP contribution in [0.25, 0.3) is 10.8 Å². The van der Waals surface area contributed by atoms with Gasteiger partial charge in [-0.05, 0) is 24.3 Å². The van der Waals surface area contributed by atoms with Gasteiger partial charge >= 0.3 is 0 Å². The number of carbonyl (C=O) groups is 1. The van der Waals surface area contributed by atoms with E-state index in [9.17, 15) is 4.79 Å². The number of likely N-dealkylation sites (tertiary alicyclic amines) is 1. The molecule has 1 aromatic carbocycles. The maximum Gasteiger partial charge on any atom is 0.276 e. The minimum Gasteiger partial charge on any atom is -0.494 e. The number of nitrogens with zero attached hydrogens (tertiary/aromatic N) is 3. The number of methoxy groups -OCH3 is 1. The van der Waals surface area contributed by atoms with Crippen LogP contribution in [0.5, 0.6) is 11.5 Å². The number of carbonyl (C=O) groups excluding carboxylic acids is 1. The summed E-state index contributed by atoms with van der Waals surface area (Å²) in [6.45, 7) is 1.65. The van der Waals surface area contributed by atoms with Crippen LogP contribution in [-0.2, 0) is 9.47 Å².